The number of nitrogens with zero attached hydrogens (tertiary/aromatic N) is 2. The summed E-state index contributed by atoms with van der Waals surface area (Å²) in [7, 11) is -2.11. The van der Waals surface area contributed by atoms with Gasteiger partial charge in [0, 0.05) is 19.6 Å². The summed E-state index contributed by atoms with van der Waals surface area (Å²) in [4.78, 5) is 26.5. The highest BCUT2D eigenvalue weighted by Gasteiger charge is 2.38. The Bertz CT molecular complexity index is 821. The van der Waals surface area contributed by atoms with Crippen LogP contribution in [0.4, 0.5) is 14.9 Å². The minimum atomic E-state index is -2.27. The van der Waals surface area contributed by atoms with Gasteiger partial charge < -0.3 is 19.5 Å². The molecule has 0 saturated carbocycles. The van der Waals surface area contributed by atoms with Gasteiger partial charge in [-0.1, -0.05) is 19.9 Å². The number of benzene rings is 1. The Kier molecular flexibility index (Phi) is 7.92. The van der Waals surface area contributed by atoms with E-state index in [2.05, 4.69) is 13.8 Å². The Labute approximate surface area is 194 Å². The first-order valence-corrected chi connectivity index (χ1v) is 14.3. The maximum Gasteiger partial charge on any atom is 0.324 e. The Hall–Kier alpha value is -1.42. The maximum absolute atomic E-state index is 14.9. The average Bonchev–Trinajstić information content (AvgIpc) is 2.99. The summed E-state index contributed by atoms with van der Waals surface area (Å²) >= 11 is 0. The minimum Gasteiger partial charge on any atom is -0.432 e. The summed E-state index contributed by atoms with van der Waals surface area (Å²) in [6.07, 6.45) is 1.65. The highest BCUT2D eigenvalue weighted by molar-refractivity contribution is 6.72. The molecule has 9 heteroatoms. The summed E-state index contributed by atoms with van der Waals surface area (Å²) in [5.74, 6) is -0.462. The van der Waals surface area contributed by atoms with Crippen molar-refractivity contribution in [1.82, 2.24) is 4.90 Å². The van der Waals surface area contributed by atoms with Gasteiger partial charge >= 0.3 is 13.5 Å². The number of carbonyl (C=O) groups excluding carboxylic acids is 1. The molecular formula is C23H40BFN2O4Si. The van der Waals surface area contributed by atoms with Crippen LogP contribution in [0.1, 0.15) is 54.4 Å². The summed E-state index contributed by atoms with van der Waals surface area (Å²) in [5, 5.41) is 10.1. The van der Waals surface area contributed by atoms with Crippen molar-refractivity contribution in [2.75, 3.05) is 24.5 Å². The Morgan fingerprint density at radius 3 is 2.31 bits per heavy atom. The predicted molar refractivity (Wildman–Crippen MR) is 132 cm³/mol. The molecule has 1 aliphatic rings. The van der Waals surface area contributed by atoms with Gasteiger partial charge in [0.25, 0.3) is 0 Å². The second-order valence-electron chi connectivity index (χ2n) is 11.1. The van der Waals surface area contributed by atoms with Gasteiger partial charge in [0.05, 0.1) is 16.9 Å². The molecule has 1 heterocycles. The molecule has 1 fully saturated rings. The fourth-order valence-corrected chi connectivity index (χ4v) is 4.12. The van der Waals surface area contributed by atoms with Gasteiger partial charge in [-0.2, -0.15) is 0 Å². The lowest BCUT2D eigenvalue weighted by Crippen LogP contribution is -2.49. The van der Waals surface area contributed by atoms with Crippen LogP contribution < -0.4 is 10.4 Å². The SMILES string of the molecule is CC(C)(O)C(C)(C)OBc1ccc(N2CCN(CCCC(C)(C)[Si](C)(C)O)C2=O)c(F)c1. The van der Waals surface area contributed by atoms with Crippen molar-refractivity contribution in [3.8, 4) is 0 Å². The third-order valence-corrected chi connectivity index (χ3v) is 10.9. The molecular weight excluding hydrogens is 426 g/mol. The molecule has 6 nitrogen and oxygen atoms in total. The zero-order valence-electron chi connectivity index (χ0n) is 21.0. The molecule has 180 valence electrons. The zero-order valence-corrected chi connectivity index (χ0v) is 22.0. The van der Waals surface area contributed by atoms with Crippen LogP contribution in [0.15, 0.2) is 18.2 Å². The molecule has 0 atom stereocenters. The molecule has 0 bridgehead atoms. The quantitative estimate of drug-likeness (QED) is 0.519. The van der Waals surface area contributed by atoms with Crippen molar-refractivity contribution in [3.63, 3.8) is 0 Å². The first-order valence-electron chi connectivity index (χ1n) is 11.4. The molecule has 1 aromatic carbocycles. The van der Waals surface area contributed by atoms with Gasteiger partial charge in [-0.05, 0) is 76.3 Å². The van der Waals surface area contributed by atoms with E-state index in [9.17, 15) is 19.1 Å². The van der Waals surface area contributed by atoms with Crippen LogP contribution in [0.2, 0.25) is 18.1 Å². The number of hydrogen-bond acceptors (Lipinski definition) is 4. The summed E-state index contributed by atoms with van der Waals surface area (Å²) in [6, 6.07) is 4.58. The first kappa shape index (κ1) is 26.8. The van der Waals surface area contributed by atoms with E-state index in [1.807, 2.05) is 13.1 Å². The number of rotatable bonds is 10. The van der Waals surface area contributed by atoms with E-state index in [0.29, 0.717) is 25.1 Å². The lowest BCUT2D eigenvalue weighted by molar-refractivity contribution is -0.0893. The predicted octanol–water partition coefficient (Wildman–Crippen LogP) is 3.37. The summed E-state index contributed by atoms with van der Waals surface area (Å²) in [6.45, 7) is 16.6. The van der Waals surface area contributed by atoms with E-state index in [4.69, 9.17) is 4.65 Å². The average molecular weight is 466 g/mol. The number of hydrogen-bond donors (Lipinski definition) is 2. The topological polar surface area (TPSA) is 73.2 Å². The van der Waals surface area contributed by atoms with Crippen LogP contribution in [-0.2, 0) is 4.65 Å². The van der Waals surface area contributed by atoms with Crippen molar-refractivity contribution >= 4 is 33.0 Å². The normalized spacial score (nSPS) is 16.2. The van der Waals surface area contributed by atoms with Gasteiger partial charge in [-0.25, -0.2) is 9.18 Å². The molecule has 2 N–H and O–H groups in total. The number of aliphatic hydroxyl groups is 1. The Balaban J connectivity index is 1.98. The second kappa shape index (κ2) is 9.45. The van der Waals surface area contributed by atoms with Crippen molar-refractivity contribution in [3.05, 3.63) is 24.0 Å². The molecule has 1 aliphatic heterocycles. The standard InChI is InChI=1S/C23H40BFN2O4Si/c1-21(2,32(7,8)30)12-9-13-26-14-15-27(20(26)28)19-11-10-17(16-18(19)25)24-31-23(5,6)22(3,4)29/h10-11,16,24,29-30H,9,12-15H2,1-8H3. The van der Waals surface area contributed by atoms with Crippen LogP contribution in [0.5, 0.6) is 0 Å². The number of amides is 2. The van der Waals surface area contributed by atoms with Crippen molar-refractivity contribution in [1.29, 1.82) is 0 Å². The Morgan fingerprint density at radius 2 is 1.78 bits per heavy atom. The highest BCUT2D eigenvalue weighted by atomic mass is 28.4. The van der Waals surface area contributed by atoms with Gasteiger partial charge in [0.15, 0.2) is 8.32 Å². The second-order valence-corrected chi connectivity index (χ2v) is 15.6. The number of halogens is 1. The van der Waals surface area contributed by atoms with E-state index in [-0.39, 0.29) is 24.2 Å². The maximum atomic E-state index is 14.9. The minimum absolute atomic E-state index is 0.126. The third-order valence-electron chi connectivity index (χ3n) is 7.36. The molecule has 2 rings (SSSR count). The molecule has 0 spiro atoms. The van der Waals surface area contributed by atoms with Crippen molar-refractivity contribution < 1.29 is 23.7 Å². The monoisotopic (exact) mass is 466 g/mol. The summed E-state index contributed by atoms with van der Waals surface area (Å²) in [5.41, 5.74) is -0.922. The van der Waals surface area contributed by atoms with E-state index in [1.54, 1.807) is 44.7 Å². The van der Waals surface area contributed by atoms with E-state index >= 15 is 0 Å². The fraction of sp³-hybridized carbons (Fsp3) is 0.696. The van der Waals surface area contributed by atoms with Crippen molar-refractivity contribution in [2.24, 2.45) is 0 Å². The first-order chi connectivity index (χ1) is 14.5. The molecule has 2 amide bonds. The van der Waals surface area contributed by atoms with E-state index in [1.165, 1.54) is 11.0 Å². The van der Waals surface area contributed by atoms with Gasteiger partial charge in [0.2, 0.25) is 0 Å². The molecule has 0 aliphatic carbocycles. The van der Waals surface area contributed by atoms with Crippen molar-refractivity contribution in [2.45, 2.75) is 83.7 Å². The molecule has 0 unspecified atom stereocenters. The largest absolute Gasteiger partial charge is 0.432 e. The summed E-state index contributed by atoms with van der Waals surface area (Å²) < 4.78 is 20.7. The van der Waals surface area contributed by atoms with Crippen LogP contribution in [0.3, 0.4) is 0 Å². The molecule has 1 aromatic rings. The molecule has 32 heavy (non-hydrogen) atoms. The van der Waals surface area contributed by atoms with E-state index < -0.39 is 25.3 Å². The van der Waals surface area contributed by atoms with E-state index in [0.717, 1.165) is 12.8 Å². The van der Waals surface area contributed by atoms with Crippen LogP contribution in [-0.4, -0.2) is 67.5 Å². The third kappa shape index (κ3) is 6.13. The molecule has 0 aromatic heterocycles. The van der Waals surface area contributed by atoms with Crippen LogP contribution in [0, 0.1) is 5.82 Å². The lowest BCUT2D eigenvalue weighted by Gasteiger charge is -2.37. The number of anilines is 1. The highest BCUT2D eigenvalue weighted by Crippen LogP contribution is 2.39. The Morgan fingerprint density at radius 1 is 1.16 bits per heavy atom. The van der Waals surface area contributed by atoms with Crippen LogP contribution >= 0.6 is 0 Å². The number of urea groups is 1. The fourth-order valence-electron chi connectivity index (χ4n) is 3.33. The van der Waals surface area contributed by atoms with Gasteiger partial charge in [-0.15, -0.1) is 0 Å². The molecule has 1 saturated heterocycles. The lowest BCUT2D eigenvalue weighted by atomic mass is 9.82. The smallest absolute Gasteiger partial charge is 0.324 e. The van der Waals surface area contributed by atoms with Gasteiger partial charge in [0.1, 0.15) is 5.82 Å². The van der Waals surface area contributed by atoms with Crippen LogP contribution in [0.25, 0.3) is 0 Å². The number of carbonyl (C=O) groups is 1. The van der Waals surface area contributed by atoms with Gasteiger partial charge in [-0.3, -0.25) is 4.90 Å². The zero-order chi connectivity index (χ0) is 24.5. The molecule has 0 radical (unpaired) electrons.